The van der Waals surface area contributed by atoms with Crippen molar-refractivity contribution in [2.24, 2.45) is 0 Å². The number of thiophene rings is 1. The van der Waals surface area contributed by atoms with Gasteiger partial charge in [0.05, 0.1) is 0 Å². The number of aliphatic hydroxyl groups is 1. The van der Waals surface area contributed by atoms with E-state index in [1.54, 1.807) is 11.3 Å². The van der Waals surface area contributed by atoms with Crippen LogP contribution in [0.2, 0.25) is 0 Å². The average Bonchev–Trinajstić information content (AvgIpc) is 2.58. The zero-order chi connectivity index (χ0) is 10.2. The van der Waals surface area contributed by atoms with E-state index in [9.17, 15) is 5.11 Å². The summed E-state index contributed by atoms with van der Waals surface area (Å²) in [5, 5.41) is 12.6. The molecule has 0 atom stereocenters. The first-order valence-corrected chi connectivity index (χ1v) is 5.95. The highest BCUT2D eigenvalue weighted by Gasteiger charge is 2.34. The summed E-state index contributed by atoms with van der Waals surface area (Å²) in [4.78, 5) is 3.45. The van der Waals surface area contributed by atoms with Gasteiger partial charge in [-0.1, -0.05) is 0 Å². The van der Waals surface area contributed by atoms with Crippen LogP contribution >= 0.6 is 11.3 Å². The Labute approximate surface area is 89.2 Å². The molecule has 0 bridgehead atoms. The second-order valence-corrected chi connectivity index (χ2v) is 5.18. The van der Waals surface area contributed by atoms with Crippen LogP contribution in [0.4, 0.5) is 0 Å². The molecule has 1 aliphatic rings. The van der Waals surface area contributed by atoms with Crippen molar-refractivity contribution in [2.75, 3.05) is 20.1 Å². The summed E-state index contributed by atoms with van der Waals surface area (Å²) >= 11 is 1.69. The van der Waals surface area contributed by atoms with E-state index in [0.717, 1.165) is 25.9 Å². The first-order valence-electron chi connectivity index (χ1n) is 5.07. The van der Waals surface area contributed by atoms with Crippen molar-refractivity contribution < 1.29 is 5.11 Å². The lowest BCUT2D eigenvalue weighted by molar-refractivity contribution is -0.0176. The molecule has 78 valence electrons. The van der Waals surface area contributed by atoms with E-state index < -0.39 is 5.60 Å². The van der Waals surface area contributed by atoms with Crippen molar-refractivity contribution in [3.8, 4) is 0 Å². The highest BCUT2D eigenvalue weighted by molar-refractivity contribution is 7.10. The fraction of sp³-hybridized carbons (Fsp3) is 0.636. The van der Waals surface area contributed by atoms with Crippen molar-refractivity contribution in [3.05, 3.63) is 21.9 Å². The predicted octanol–water partition coefficient (Wildman–Crippen LogP) is 1.97. The Hall–Kier alpha value is -0.380. The van der Waals surface area contributed by atoms with E-state index in [1.165, 1.54) is 10.4 Å². The Balaban J connectivity index is 2.21. The van der Waals surface area contributed by atoms with Crippen LogP contribution in [0.15, 0.2) is 11.4 Å². The van der Waals surface area contributed by atoms with Crippen LogP contribution in [0.1, 0.15) is 23.3 Å². The van der Waals surface area contributed by atoms with Gasteiger partial charge < -0.3 is 10.0 Å². The summed E-state index contributed by atoms with van der Waals surface area (Å²) in [5.74, 6) is 0. The summed E-state index contributed by atoms with van der Waals surface area (Å²) in [5.41, 5.74) is 0.687. The number of likely N-dealkylation sites (tertiary alicyclic amines) is 1. The summed E-state index contributed by atoms with van der Waals surface area (Å²) in [6.45, 7) is 4.07. The molecule has 1 N–H and O–H groups in total. The van der Waals surface area contributed by atoms with Gasteiger partial charge in [-0.15, -0.1) is 11.3 Å². The minimum absolute atomic E-state index is 0.551. The Morgan fingerprint density at radius 2 is 2.07 bits per heavy atom. The van der Waals surface area contributed by atoms with Crippen molar-refractivity contribution >= 4 is 11.3 Å². The monoisotopic (exact) mass is 211 g/mol. The second-order valence-electron chi connectivity index (χ2n) is 4.27. The van der Waals surface area contributed by atoms with Crippen LogP contribution in [0.25, 0.3) is 0 Å². The lowest BCUT2D eigenvalue weighted by atomic mass is 9.88. The Kier molecular flexibility index (Phi) is 2.64. The van der Waals surface area contributed by atoms with E-state index in [2.05, 4.69) is 30.3 Å². The molecular weight excluding hydrogens is 194 g/mol. The second kappa shape index (κ2) is 3.65. The van der Waals surface area contributed by atoms with Gasteiger partial charge in [-0.05, 0) is 43.8 Å². The maximum Gasteiger partial charge on any atom is 0.101 e. The van der Waals surface area contributed by atoms with Crippen LogP contribution in [0.3, 0.4) is 0 Å². The van der Waals surface area contributed by atoms with Crippen molar-refractivity contribution in [2.45, 2.75) is 25.4 Å². The minimum atomic E-state index is -0.551. The van der Waals surface area contributed by atoms with E-state index >= 15 is 0 Å². The molecule has 0 radical (unpaired) electrons. The lowest BCUT2D eigenvalue weighted by Crippen LogP contribution is -2.40. The molecule has 1 saturated heterocycles. The smallest absolute Gasteiger partial charge is 0.101 e. The van der Waals surface area contributed by atoms with Crippen LogP contribution in [-0.4, -0.2) is 30.1 Å². The van der Waals surface area contributed by atoms with Gasteiger partial charge >= 0.3 is 0 Å². The van der Waals surface area contributed by atoms with Gasteiger partial charge in [0.2, 0.25) is 0 Å². The molecule has 2 rings (SSSR count). The Morgan fingerprint density at radius 3 is 2.57 bits per heavy atom. The van der Waals surface area contributed by atoms with Crippen LogP contribution in [0.5, 0.6) is 0 Å². The molecule has 0 aliphatic carbocycles. The first kappa shape index (κ1) is 10.1. The predicted molar refractivity (Wildman–Crippen MR) is 59.7 cm³/mol. The fourth-order valence-corrected chi connectivity index (χ4v) is 3.15. The van der Waals surface area contributed by atoms with E-state index in [-0.39, 0.29) is 0 Å². The van der Waals surface area contributed by atoms with Gasteiger partial charge in [0.1, 0.15) is 5.60 Å². The molecule has 1 aromatic heterocycles. The van der Waals surface area contributed by atoms with Gasteiger partial charge in [0.15, 0.2) is 0 Å². The van der Waals surface area contributed by atoms with Gasteiger partial charge in [-0.2, -0.15) is 0 Å². The molecule has 2 heterocycles. The largest absolute Gasteiger partial charge is 0.384 e. The standard InChI is InChI=1S/C11H17NOS/c1-9-3-8-14-10(9)11(13)4-6-12(2)7-5-11/h3,8,13H,4-7H2,1-2H3. The topological polar surface area (TPSA) is 23.5 Å². The lowest BCUT2D eigenvalue weighted by Gasteiger charge is -2.36. The van der Waals surface area contributed by atoms with Crippen molar-refractivity contribution in [3.63, 3.8) is 0 Å². The molecule has 0 saturated carbocycles. The molecule has 14 heavy (non-hydrogen) atoms. The maximum absolute atomic E-state index is 10.5. The Morgan fingerprint density at radius 1 is 1.43 bits per heavy atom. The third kappa shape index (κ3) is 1.72. The van der Waals surface area contributed by atoms with Crippen LogP contribution in [0, 0.1) is 6.92 Å². The van der Waals surface area contributed by atoms with Crippen molar-refractivity contribution in [1.29, 1.82) is 0 Å². The summed E-state index contributed by atoms with van der Waals surface area (Å²) in [7, 11) is 2.11. The molecule has 0 amide bonds. The zero-order valence-corrected chi connectivity index (χ0v) is 9.60. The summed E-state index contributed by atoms with van der Waals surface area (Å²) in [6.07, 6.45) is 1.73. The maximum atomic E-state index is 10.5. The molecule has 0 aromatic carbocycles. The number of nitrogens with zero attached hydrogens (tertiary/aromatic N) is 1. The third-order valence-corrected chi connectivity index (χ3v) is 4.31. The van der Waals surface area contributed by atoms with E-state index in [4.69, 9.17) is 0 Å². The number of rotatable bonds is 1. The van der Waals surface area contributed by atoms with Crippen LogP contribution in [-0.2, 0) is 5.60 Å². The molecular formula is C11H17NOS. The number of hydrogen-bond acceptors (Lipinski definition) is 3. The molecule has 0 spiro atoms. The normalized spacial score (nSPS) is 22.5. The zero-order valence-electron chi connectivity index (χ0n) is 8.79. The first-order chi connectivity index (χ1) is 6.62. The number of aryl methyl sites for hydroxylation is 1. The summed E-state index contributed by atoms with van der Waals surface area (Å²) < 4.78 is 0. The van der Waals surface area contributed by atoms with E-state index in [1.807, 2.05) is 0 Å². The highest BCUT2D eigenvalue weighted by Crippen LogP contribution is 2.37. The van der Waals surface area contributed by atoms with Gasteiger partial charge in [0.25, 0.3) is 0 Å². The molecule has 2 nitrogen and oxygen atoms in total. The number of piperidine rings is 1. The molecule has 1 fully saturated rings. The Bertz CT molecular complexity index is 313. The fourth-order valence-electron chi connectivity index (χ4n) is 2.06. The van der Waals surface area contributed by atoms with Crippen molar-refractivity contribution in [1.82, 2.24) is 4.90 Å². The van der Waals surface area contributed by atoms with Crippen LogP contribution < -0.4 is 0 Å². The SMILES string of the molecule is Cc1ccsc1C1(O)CCN(C)CC1. The van der Waals surface area contributed by atoms with E-state index in [0.29, 0.717) is 0 Å². The molecule has 1 aromatic rings. The van der Waals surface area contributed by atoms with Gasteiger partial charge in [-0.3, -0.25) is 0 Å². The third-order valence-electron chi connectivity index (χ3n) is 3.10. The summed E-state index contributed by atoms with van der Waals surface area (Å²) in [6, 6.07) is 2.09. The highest BCUT2D eigenvalue weighted by atomic mass is 32.1. The molecule has 3 heteroatoms. The average molecular weight is 211 g/mol. The number of hydrogen-bond donors (Lipinski definition) is 1. The quantitative estimate of drug-likeness (QED) is 0.767. The molecule has 1 aliphatic heterocycles. The minimum Gasteiger partial charge on any atom is -0.384 e. The van der Waals surface area contributed by atoms with Gasteiger partial charge in [-0.25, -0.2) is 0 Å². The molecule has 0 unspecified atom stereocenters. The van der Waals surface area contributed by atoms with Gasteiger partial charge in [0, 0.05) is 18.0 Å².